The summed E-state index contributed by atoms with van der Waals surface area (Å²) in [5, 5.41) is 0. The van der Waals surface area contributed by atoms with E-state index in [0.29, 0.717) is 32.0 Å². The van der Waals surface area contributed by atoms with Crippen molar-refractivity contribution in [3.63, 3.8) is 0 Å². The highest BCUT2D eigenvalue weighted by Crippen LogP contribution is 2.20. The summed E-state index contributed by atoms with van der Waals surface area (Å²) in [5.41, 5.74) is 0.0148. The van der Waals surface area contributed by atoms with Crippen molar-refractivity contribution in [1.29, 1.82) is 0 Å². The normalized spacial score (nSPS) is 13.3. The topological polar surface area (TPSA) is 46.6 Å². The van der Waals surface area contributed by atoms with E-state index in [9.17, 15) is 8.42 Å². The Morgan fingerprint density at radius 2 is 1.82 bits per heavy atom. The van der Waals surface area contributed by atoms with Gasteiger partial charge in [-0.05, 0) is 11.8 Å². The predicted octanol–water partition coefficient (Wildman–Crippen LogP) is 1.94. The van der Waals surface area contributed by atoms with Crippen LogP contribution in [-0.2, 0) is 14.8 Å². The van der Waals surface area contributed by atoms with E-state index in [0.717, 1.165) is 0 Å². The van der Waals surface area contributed by atoms with Gasteiger partial charge in [-0.2, -0.15) is 4.31 Å². The van der Waals surface area contributed by atoms with Crippen molar-refractivity contribution in [1.82, 2.24) is 4.31 Å². The van der Waals surface area contributed by atoms with Crippen molar-refractivity contribution < 1.29 is 13.2 Å². The van der Waals surface area contributed by atoms with Crippen molar-refractivity contribution in [3.05, 3.63) is 0 Å². The lowest BCUT2D eigenvalue weighted by Gasteiger charge is -2.24. The Balaban J connectivity index is 4.49. The highest BCUT2D eigenvalue weighted by atomic mass is 35.5. The molecule has 0 radical (unpaired) electrons. The van der Waals surface area contributed by atoms with E-state index in [1.165, 1.54) is 4.31 Å². The molecule has 0 saturated carbocycles. The summed E-state index contributed by atoms with van der Waals surface area (Å²) < 4.78 is 30.5. The lowest BCUT2D eigenvalue weighted by molar-refractivity contribution is 0.180. The molecule has 0 N–H and O–H groups in total. The third-order valence-corrected chi connectivity index (χ3v) is 4.42. The highest BCUT2D eigenvalue weighted by molar-refractivity contribution is 7.89. The van der Waals surface area contributed by atoms with Crippen molar-refractivity contribution in [2.24, 2.45) is 5.41 Å². The van der Waals surface area contributed by atoms with Gasteiger partial charge in [0.2, 0.25) is 10.0 Å². The van der Waals surface area contributed by atoms with Crippen molar-refractivity contribution in [2.45, 2.75) is 27.2 Å². The molecule has 4 nitrogen and oxygen atoms in total. The van der Waals surface area contributed by atoms with Crippen molar-refractivity contribution >= 4 is 21.6 Å². The Labute approximate surface area is 110 Å². The van der Waals surface area contributed by atoms with Gasteiger partial charge in [-0.25, -0.2) is 8.42 Å². The molecule has 0 aromatic carbocycles. The molecule has 0 aliphatic rings. The van der Waals surface area contributed by atoms with Crippen LogP contribution in [0.15, 0.2) is 0 Å². The van der Waals surface area contributed by atoms with Crippen LogP contribution >= 0.6 is 11.6 Å². The first-order valence-corrected chi connectivity index (χ1v) is 7.90. The van der Waals surface area contributed by atoms with Gasteiger partial charge in [0.15, 0.2) is 0 Å². The Hall–Kier alpha value is 0.160. The molecule has 0 aromatic rings. The number of halogens is 1. The maximum atomic E-state index is 12.1. The fourth-order valence-electron chi connectivity index (χ4n) is 1.24. The number of sulfonamides is 1. The molecular weight excluding hydrogens is 262 g/mol. The number of methoxy groups -OCH3 is 1. The zero-order chi connectivity index (χ0) is 13.5. The zero-order valence-electron chi connectivity index (χ0n) is 11.2. The molecule has 6 heteroatoms. The van der Waals surface area contributed by atoms with Crippen LogP contribution in [0, 0.1) is 5.41 Å². The Bertz CT molecular complexity index is 298. The molecule has 0 aromatic heterocycles. The van der Waals surface area contributed by atoms with Gasteiger partial charge in [0.25, 0.3) is 0 Å². The molecule has 0 bridgehead atoms. The molecule has 0 aliphatic carbocycles. The minimum atomic E-state index is -3.22. The van der Waals surface area contributed by atoms with Gasteiger partial charge in [-0.3, -0.25) is 0 Å². The van der Waals surface area contributed by atoms with E-state index in [1.54, 1.807) is 7.11 Å². The fourth-order valence-corrected chi connectivity index (χ4v) is 3.40. The Kier molecular flexibility index (Phi) is 7.63. The maximum Gasteiger partial charge on any atom is 0.214 e. The van der Waals surface area contributed by atoms with Gasteiger partial charge in [-0.1, -0.05) is 20.8 Å². The van der Waals surface area contributed by atoms with Gasteiger partial charge in [0, 0.05) is 26.1 Å². The van der Waals surface area contributed by atoms with Crippen LogP contribution in [0.25, 0.3) is 0 Å². The summed E-state index contributed by atoms with van der Waals surface area (Å²) >= 11 is 5.62. The summed E-state index contributed by atoms with van der Waals surface area (Å²) in [6, 6.07) is 0. The molecule has 0 unspecified atom stereocenters. The smallest absolute Gasteiger partial charge is 0.214 e. The first-order valence-electron chi connectivity index (χ1n) is 5.75. The number of hydrogen-bond acceptors (Lipinski definition) is 3. The predicted molar refractivity (Wildman–Crippen MR) is 72.0 cm³/mol. The summed E-state index contributed by atoms with van der Waals surface area (Å²) in [6.07, 6.45) is 0.640. The van der Waals surface area contributed by atoms with Crippen LogP contribution in [-0.4, -0.2) is 51.2 Å². The van der Waals surface area contributed by atoms with Crippen molar-refractivity contribution in [3.8, 4) is 0 Å². The second-order valence-electron chi connectivity index (χ2n) is 5.21. The summed E-state index contributed by atoms with van der Waals surface area (Å²) in [5.74, 6) is 0.468. The number of alkyl halides is 1. The monoisotopic (exact) mass is 285 g/mol. The second-order valence-corrected chi connectivity index (χ2v) is 7.67. The summed E-state index contributed by atoms with van der Waals surface area (Å²) in [7, 11) is -1.66. The molecule has 0 amide bonds. The van der Waals surface area contributed by atoms with Crippen LogP contribution < -0.4 is 0 Å². The third kappa shape index (κ3) is 7.97. The van der Waals surface area contributed by atoms with Crippen LogP contribution in [0.4, 0.5) is 0 Å². The van der Waals surface area contributed by atoms with Gasteiger partial charge in [-0.15, -0.1) is 11.6 Å². The molecule has 0 spiro atoms. The molecule has 0 aliphatic heterocycles. The first-order chi connectivity index (χ1) is 7.73. The molecule has 0 heterocycles. The van der Waals surface area contributed by atoms with Crippen LogP contribution in [0.2, 0.25) is 0 Å². The maximum absolute atomic E-state index is 12.1. The molecule has 0 fully saturated rings. The van der Waals surface area contributed by atoms with E-state index in [1.807, 2.05) is 20.8 Å². The minimum absolute atomic E-state index is 0.0148. The molecular formula is C11H24ClNO3S. The van der Waals surface area contributed by atoms with Gasteiger partial charge < -0.3 is 4.74 Å². The molecule has 104 valence electrons. The second kappa shape index (κ2) is 7.56. The average Bonchev–Trinajstić information content (AvgIpc) is 2.20. The van der Waals surface area contributed by atoms with E-state index in [4.69, 9.17) is 16.3 Å². The SMILES string of the molecule is COCCN(CCCl)S(=O)(=O)CCC(C)(C)C. The molecule has 0 atom stereocenters. The van der Waals surface area contributed by atoms with E-state index in [2.05, 4.69) is 0 Å². The highest BCUT2D eigenvalue weighted by Gasteiger charge is 2.23. The molecule has 0 saturated heterocycles. The van der Waals surface area contributed by atoms with E-state index < -0.39 is 10.0 Å². The lowest BCUT2D eigenvalue weighted by atomic mass is 9.94. The Morgan fingerprint density at radius 1 is 1.24 bits per heavy atom. The van der Waals surface area contributed by atoms with Crippen LogP contribution in [0.5, 0.6) is 0 Å². The van der Waals surface area contributed by atoms with E-state index in [-0.39, 0.29) is 11.2 Å². The van der Waals surface area contributed by atoms with E-state index >= 15 is 0 Å². The average molecular weight is 286 g/mol. The first kappa shape index (κ1) is 17.2. The van der Waals surface area contributed by atoms with Gasteiger partial charge in [0.05, 0.1) is 12.4 Å². The fraction of sp³-hybridized carbons (Fsp3) is 1.00. The van der Waals surface area contributed by atoms with Crippen LogP contribution in [0.1, 0.15) is 27.2 Å². The van der Waals surface area contributed by atoms with Crippen LogP contribution in [0.3, 0.4) is 0 Å². The summed E-state index contributed by atoms with van der Waals surface area (Å²) in [6.45, 7) is 7.20. The molecule has 17 heavy (non-hydrogen) atoms. The number of hydrogen-bond donors (Lipinski definition) is 0. The quantitative estimate of drug-likeness (QED) is 0.640. The van der Waals surface area contributed by atoms with Crippen molar-refractivity contribution in [2.75, 3.05) is 38.4 Å². The zero-order valence-corrected chi connectivity index (χ0v) is 12.8. The number of rotatable bonds is 8. The minimum Gasteiger partial charge on any atom is -0.383 e. The standard InChI is InChI=1S/C11H24ClNO3S/c1-11(2,3)5-10-17(14,15)13(7-6-12)8-9-16-4/h5-10H2,1-4H3. The third-order valence-electron chi connectivity index (χ3n) is 2.38. The number of ether oxygens (including phenoxy) is 1. The van der Waals surface area contributed by atoms with Gasteiger partial charge in [0.1, 0.15) is 0 Å². The Morgan fingerprint density at radius 3 is 2.24 bits per heavy atom. The van der Waals surface area contributed by atoms with Gasteiger partial charge >= 0.3 is 0 Å². The largest absolute Gasteiger partial charge is 0.383 e. The number of nitrogens with zero attached hydrogens (tertiary/aromatic N) is 1. The molecule has 0 rings (SSSR count). The summed E-state index contributed by atoms with van der Waals surface area (Å²) in [4.78, 5) is 0. The lowest BCUT2D eigenvalue weighted by Crippen LogP contribution is -2.37.